The number of methoxy groups -OCH3 is 1. The molecular weight excluding hydrogens is 218 g/mol. The Morgan fingerprint density at radius 3 is 2.76 bits per heavy atom. The number of fused-ring (bicyclic) bond motifs is 1. The summed E-state index contributed by atoms with van der Waals surface area (Å²) in [5, 5.41) is 3.42. The van der Waals surface area contributed by atoms with E-state index in [4.69, 9.17) is 10.5 Å². The van der Waals surface area contributed by atoms with Gasteiger partial charge in [-0.1, -0.05) is 0 Å². The van der Waals surface area contributed by atoms with Crippen LogP contribution in [0, 0.1) is 0 Å². The van der Waals surface area contributed by atoms with E-state index in [9.17, 15) is 4.79 Å². The maximum atomic E-state index is 11.8. The van der Waals surface area contributed by atoms with Crippen LogP contribution in [0.25, 0.3) is 10.9 Å². The summed E-state index contributed by atoms with van der Waals surface area (Å²) in [6.07, 6.45) is 0. The molecule has 0 unspecified atom stereocenters. The molecule has 0 aliphatic carbocycles. The van der Waals surface area contributed by atoms with Gasteiger partial charge < -0.3 is 20.4 Å². The lowest BCUT2D eigenvalue weighted by Gasteiger charge is -2.01. The van der Waals surface area contributed by atoms with Gasteiger partial charge in [0.05, 0.1) is 18.2 Å². The molecule has 0 radical (unpaired) electrons. The average Bonchev–Trinajstić information content (AvgIpc) is 2.61. The minimum atomic E-state index is -0.182. The van der Waals surface area contributed by atoms with Gasteiger partial charge >= 0.3 is 0 Å². The number of rotatable bonds is 2. The van der Waals surface area contributed by atoms with Gasteiger partial charge in [0.15, 0.2) is 0 Å². The summed E-state index contributed by atoms with van der Waals surface area (Å²) in [5.74, 6) is 1.01. The zero-order chi connectivity index (χ0) is 12.6. The van der Waals surface area contributed by atoms with Gasteiger partial charge in [-0.3, -0.25) is 4.79 Å². The van der Waals surface area contributed by atoms with E-state index in [0.29, 0.717) is 11.4 Å². The van der Waals surface area contributed by atoms with Crippen LogP contribution >= 0.6 is 0 Å². The first-order chi connectivity index (χ1) is 8.10. The third kappa shape index (κ3) is 1.60. The first-order valence-electron chi connectivity index (χ1n) is 5.24. The maximum Gasteiger partial charge on any atom is 0.255 e. The van der Waals surface area contributed by atoms with Gasteiger partial charge in [-0.25, -0.2) is 0 Å². The number of carbonyl (C=O) groups excluding carboxylic acids is 1. The molecule has 1 aromatic heterocycles. The van der Waals surface area contributed by atoms with E-state index in [1.807, 2.05) is 25.2 Å². The van der Waals surface area contributed by atoms with E-state index in [0.717, 1.165) is 16.7 Å². The van der Waals surface area contributed by atoms with E-state index < -0.39 is 0 Å². The Morgan fingerprint density at radius 1 is 1.47 bits per heavy atom. The fourth-order valence-corrected chi connectivity index (χ4v) is 1.93. The van der Waals surface area contributed by atoms with Crippen LogP contribution in [0.4, 0.5) is 5.82 Å². The first-order valence-corrected chi connectivity index (χ1v) is 5.24. The van der Waals surface area contributed by atoms with Crippen molar-refractivity contribution in [1.82, 2.24) is 9.88 Å². The minimum Gasteiger partial charge on any atom is -0.497 e. The van der Waals surface area contributed by atoms with Gasteiger partial charge in [0.2, 0.25) is 0 Å². The van der Waals surface area contributed by atoms with Gasteiger partial charge in [0, 0.05) is 25.5 Å². The predicted octanol–water partition coefficient (Wildman–Crippen LogP) is 1.13. The van der Waals surface area contributed by atoms with E-state index in [1.54, 1.807) is 18.7 Å². The number of nitrogens with zero attached hydrogens (tertiary/aromatic N) is 1. The zero-order valence-electron chi connectivity index (χ0n) is 10.1. The number of benzene rings is 1. The van der Waals surface area contributed by atoms with Gasteiger partial charge in [0.1, 0.15) is 11.6 Å². The number of hydrogen-bond acceptors (Lipinski definition) is 3. The van der Waals surface area contributed by atoms with Crippen molar-refractivity contribution in [3.8, 4) is 5.75 Å². The minimum absolute atomic E-state index is 0.182. The normalized spacial score (nSPS) is 10.5. The third-order valence-electron chi connectivity index (χ3n) is 2.91. The molecule has 0 aliphatic heterocycles. The average molecular weight is 233 g/mol. The number of carbonyl (C=O) groups is 1. The van der Waals surface area contributed by atoms with Crippen LogP contribution in [-0.4, -0.2) is 24.6 Å². The van der Waals surface area contributed by atoms with Crippen molar-refractivity contribution >= 4 is 22.6 Å². The molecule has 0 aliphatic rings. The number of amides is 1. The van der Waals surface area contributed by atoms with Gasteiger partial charge in [-0.15, -0.1) is 0 Å². The molecule has 3 N–H and O–H groups in total. The molecule has 1 amide bonds. The summed E-state index contributed by atoms with van der Waals surface area (Å²) >= 11 is 0. The standard InChI is InChI=1S/C12H15N3O2/c1-14-12(16)10-8-5-4-7(17-3)6-9(8)15(2)11(10)13/h4-6H,13H2,1-3H3,(H,14,16). The molecule has 17 heavy (non-hydrogen) atoms. The third-order valence-corrected chi connectivity index (χ3v) is 2.91. The topological polar surface area (TPSA) is 69.3 Å². The summed E-state index contributed by atoms with van der Waals surface area (Å²) in [4.78, 5) is 11.8. The Labute approximate surface area is 99.2 Å². The van der Waals surface area contributed by atoms with Gasteiger partial charge in [-0.2, -0.15) is 0 Å². The predicted molar refractivity (Wildman–Crippen MR) is 67.3 cm³/mol. The molecule has 2 aromatic rings. The van der Waals surface area contributed by atoms with Crippen LogP contribution < -0.4 is 15.8 Å². The highest BCUT2D eigenvalue weighted by atomic mass is 16.5. The van der Waals surface area contributed by atoms with Crippen molar-refractivity contribution in [2.75, 3.05) is 19.9 Å². The molecule has 90 valence electrons. The molecule has 1 heterocycles. The van der Waals surface area contributed by atoms with E-state index in [2.05, 4.69) is 5.32 Å². The second-order valence-corrected chi connectivity index (χ2v) is 3.78. The number of hydrogen-bond donors (Lipinski definition) is 2. The largest absolute Gasteiger partial charge is 0.497 e. The Balaban J connectivity index is 2.78. The van der Waals surface area contributed by atoms with Crippen LogP contribution in [0.2, 0.25) is 0 Å². The summed E-state index contributed by atoms with van der Waals surface area (Å²) < 4.78 is 6.94. The molecule has 1 aromatic carbocycles. The summed E-state index contributed by atoms with van der Waals surface area (Å²) in [7, 11) is 5.01. The quantitative estimate of drug-likeness (QED) is 0.817. The Hall–Kier alpha value is -2.17. The molecule has 0 bridgehead atoms. The second-order valence-electron chi connectivity index (χ2n) is 3.78. The Kier molecular flexibility index (Phi) is 2.67. The second kappa shape index (κ2) is 4.01. The fraction of sp³-hybridized carbons (Fsp3) is 0.250. The fourth-order valence-electron chi connectivity index (χ4n) is 1.93. The molecule has 0 saturated carbocycles. The first kappa shape index (κ1) is 11.3. The summed E-state index contributed by atoms with van der Waals surface area (Å²) in [6.45, 7) is 0. The van der Waals surface area contributed by atoms with E-state index >= 15 is 0 Å². The zero-order valence-corrected chi connectivity index (χ0v) is 10.1. The number of nitrogen functional groups attached to an aromatic ring is 1. The van der Waals surface area contributed by atoms with Crippen molar-refractivity contribution in [3.05, 3.63) is 23.8 Å². The number of anilines is 1. The van der Waals surface area contributed by atoms with Crippen LogP contribution in [0.5, 0.6) is 5.75 Å². The monoisotopic (exact) mass is 233 g/mol. The molecule has 0 atom stereocenters. The van der Waals surface area contributed by atoms with Gasteiger partial charge in [0.25, 0.3) is 5.91 Å². The number of ether oxygens (including phenoxy) is 1. The van der Waals surface area contributed by atoms with Crippen LogP contribution in [0.1, 0.15) is 10.4 Å². The van der Waals surface area contributed by atoms with Crippen molar-refractivity contribution in [1.29, 1.82) is 0 Å². The number of nitrogens with one attached hydrogen (secondary N) is 1. The molecule has 2 rings (SSSR count). The molecule has 0 fully saturated rings. The lowest BCUT2D eigenvalue weighted by Crippen LogP contribution is -2.19. The number of nitrogens with two attached hydrogens (primary N) is 1. The van der Waals surface area contributed by atoms with Crippen LogP contribution in [0.15, 0.2) is 18.2 Å². The highest BCUT2D eigenvalue weighted by Gasteiger charge is 2.18. The number of aromatic nitrogens is 1. The molecule has 5 heteroatoms. The molecule has 0 spiro atoms. The maximum absolute atomic E-state index is 11.8. The van der Waals surface area contributed by atoms with Crippen molar-refractivity contribution in [2.24, 2.45) is 7.05 Å². The Morgan fingerprint density at radius 2 is 2.18 bits per heavy atom. The van der Waals surface area contributed by atoms with Gasteiger partial charge in [-0.05, 0) is 12.1 Å². The van der Waals surface area contributed by atoms with Crippen molar-refractivity contribution < 1.29 is 9.53 Å². The highest BCUT2D eigenvalue weighted by molar-refractivity contribution is 6.11. The van der Waals surface area contributed by atoms with E-state index in [-0.39, 0.29) is 5.91 Å². The van der Waals surface area contributed by atoms with E-state index in [1.165, 1.54) is 0 Å². The lowest BCUT2D eigenvalue weighted by molar-refractivity contribution is 0.0965. The summed E-state index contributed by atoms with van der Waals surface area (Å²) in [6, 6.07) is 5.52. The molecule has 0 saturated heterocycles. The van der Waals surface area contributed by atoms with Crippen LogP contribution in [0.3, 0.4) is 0 Å². The Bertz CT molecular complexity index is 587. The summed E-state index contributed by atoms with van der Waals surface area (Å²) in [5.41, 5.74) is 7.33. The molecule has 5 nitrogen and oxygen atoms in total. The van der Waals surface area contributed by atoms with Crippen molar-refractivity contribution in [2.45, 2.75) is 0 Å². The smallest absolute Gasteiger partial charge is 0.255 e. The highest BCUT2D eigenvalue weighted by Crippen LogP contribution is 2.29. The van der Waals surface area contributed by atoms with Crippen molar-refractivity contribution in [3.63, 3.8) is 0 Å². The number of aryl methyl sites for hydroxylation is 1. The SMILES string of the molecule is CNC(=O)c1c(N)n(C)c2cc(OC)ccc12. The lowest BCUT2D eigenvalue weighted by atomic mass is 10.1. The molecular formula is C12H15N3O2. The van der Waals surface area contributed by atoms with Crippen LogP contribution in [-0.2, 0) is 7.05 Å².